The van der Waals surface area contributed by atoms with Gasteiger partial charge >= 0.3 is 0 Å². The summed E-state index contributed by atoms with van der Waals surface area (Å²) in [7, 11) is 2.00. The van der Waals surface area contributed by atoms with Gasteiger partial charge < -0.3 is 15.8 Å². The lowest BCUT2D eigenvalue weighted by atomic mass is 10.1. The Hall–Kier alpha value is -1.89. The number of anilines is 1. The van der Waals surface area contributed by atoms with Crippen LogP contribution in [0.25, 0.3) is 0 Å². The molecule has 7 heteroatoms. The lowest BCUT2D eigenvalue weighted by Crippen LogP contribution is -2.55. The number of hydrogen-bond donors (Lipinski definition) is 2. The summed E-state index contributed by atoms with van der Waals surface area (Å²) in [6, 6.07) is 2.55. The van der Waals surface area contributed by atoms with Crippen molar-refractivity contribution in [2.45, 2.75) is 25.9 Å². The zero-order valence-electron chi connectivity index (χ0n) is 12.3. The first-order chi connectivity index (χ1) is 9.85. The summed E-state index contributed by atoms with van der Waals surface area (Å²) in [6.45, 7) is 5.11. The van der Waals surface area contributed by atoms with Gasteiger partial charge in [-0.3, -0.25) is 4.90 Å². The van der Waals surface area contributed by atoms with Crippen molar-refractivity contribution >= 4 is 11.5 Å². The van der Waals surface area contributed by atoms with Crippen LogP contribution in [0.1, 0.15) is 19.4 Å². The van der Waals surface area contributed by atoms with Crippen molar-refractivity contribution in [3.63, 3.8) is 0 Å². The number of piperazine rings is 1. The van der Waals surface area contributed by atoms with Crippen molar-refractivity contribution in [2.75, 3.05) is 25.0 Å². The Morgan fingerprint density at radius 3 is 2.14 bits per heavy atom. The number of oxime groups is 1. The quantitative estimate of drug-likeness (QED) is 0.377. The van der Waals surface area contributed by atoms with Crippen LogP contribution >= 0.6 is 0 Å². The Kier molecular flexibility index (Phi) is 4.32. The van der Waals surface area contributed by atoms with Crippen LogP contribution in [0.5, 0.6) is 0 Å². The molecule has 3 N–H and O–H groups in total. The van der Waals surface area contributed by atoms with E-state index < -0.39 is 11.6 Å². The van der Waals surface area contributed by atoms with Crippen LogP contribution < -0.4 is 10.6 Å². The van der Waals surface area contributed by atoms with Gasteiger partial charge in [-0.05, 0) is 33.0 Å². The number of nitrogens with two attached hydrogens (primary N) is 1. The lowest BCUT2D eigenvalue weighted by Gasteiger charge is -2.43. The fourth-order valence-electron chi connectivity index (χ4n) is 2.66. The molecule has 2 unspecified atom stereocenters. The molecule has 1 saturated heterocycles. The summed E-state index contributed by atoms with van der Waals surface area (Å²) in [5, 5.41) is 11.3. The topological polar surface area (TPSA) is 65.1 Å². The molecule has 1 aromatic carbocycles. The summed E-state index contributed by atoms with van der Waals surface area (Å²) in [6.07, 6.45) is 0. The van der Waals surface area contributed by atoms with Crippen molar-refractivity contribution in [2.24, 2.45) is 10.9 Å². The molecule has 1 heterocycles. The minimum absolute atomic E-state index is 0.0199. The van der Waals surface area contributed by atoms with Gasteiger partial charge in [-0.25, -0.2) is 8.78 Å². The minimum atomic E-state index is -0.708. The lowest BCUT2D eigenvalue weighted by molar-refractivity contribution is 0.169. The van der Waals surface area contributed by atoms with E-state index >= 15 is 0 Å². The maximum Gasteiger partial charge on any atom is 0.170 e. The highest BCUT2D eigenvalue weighted by atomic mass is 19.1. The zero-order valence-corrected chi connectivity index (χ0v) is 12.3. The number of rotatable bonds is 2. The number of hydrogen-bond acceptors (Lipinski definition) is 4. The van der Waals surface area contributed by atoms with Crippen LogP contribution in [0.3, 0.4) is 0 Å². The summed E-state index contributed by atoms with van der Waals surface area (Å²) < 4.78 is 28.5. The van der Waals surface area contributed by atoms with E-state index in [9.17, 15) is 8.78 Å². The van der Waals surface area contributed by atoms with Crippen LogP contribution in [-0.2, 0) is 0 Å². The van der Waals surface area contributed by atoms with E-state index in [1.54, 1.807) is 4.90 Å². The van der Waals surface area contributed by atoms with E-state index in [-0.39, 0.29) is 29.2 Å². The van der Waals surface area contributed by atoms with E-state index in [0.717, 1.165) is 12.1 Å². The molecule has 1 aliphatic rings. The van der Waals surface area contributed by atoms with E-state index in [1.807, 2.05) is 20.9 Å². The first-order valence-electron chi connectivity index (χ1n) is 6.79. The van der Waals surface area contributed by atoms with Crippen molar-refractivity contribution < 1.29 is 14.0 Å². The molecule has 116 valence electrons. The Labute approximate surface area is 122 Å². The average Bonchev–Trinajstić information content (AvgIpc) is 2.42. The molecule has 1 aliphatic heterocycles. The predicted molar refractivity (Wildman–Crippen MR) is 77.8 cm³/mol. The van der Waals surface area contributed by atoms with Gasteiger partial charge in [-0.2, -0.15) is 0 Å². The summed E-state index contributed by atoms with van der Waals surface area (Å²) >= 11 is 0. The molecule has 0 aliphatic carbocycles. The second kappa shape index (κ2) is 5.85. The van der Waals surface area contributed by atoms with Crippen LogP contribution in [0.2, 0.25) is 0 Å². The van der Waals surface area contributed by atoms with Gasteiger partial charge in [0.1, 0.15) is 17.3 Å². The third kappa shape index (κ3) is 2.92. The first kappa shape index (κ1) is 15.5. The Morgan fingerprint density at radius 2 is 1.71 bits per heavy atom. The molecular weight excluding hydrogens is 278 g/mol. The smallest absolute Gasteiger partial charge is 0.170 e. The van der Waals surface area contributed by atoms with Crippen LogP contribution in [0.15, 0.2) is 17.3 Å². The van der Waals surface area contributed by atoms with Crippen molar-refractivity contribution in [1.82, 2.24) is 4.90 Å². The highest BCUT2D eigenvalue weighted by Crippen LogP contribution is 2.28. The van der Waals surface area contributed by atoms with Gasteiger partial charge in [0.25, 0.3) is 0 Å². The fourth-order valence-corrected chi connectivity index (χ4v) is 2.66. The van der Waals surface area contributed by atoms with Gasteiger partial charge in [-0.15, -0.1) is 0 Å². The highest BCUT2D eigenvalue weighted by Gasteiger charge is 2.30. The average molecular weight is 298 g/mol. The number of benzene rings is 1. The first-order valence-corrected chi connectivity index (χ1v) is 6.79. The Bertz CT molecular complexity index is 529. The molecule has 0 amide bonds. The van der Waals surface area contributed by atoms with Crippen molar-refractivity contribution in [3.8, 4) is 0 Å². The molecule has 21 heavy (non-hydrogen) atoms. The number of halogens is 2. The molecule has 1 aromatic rings. The molecule has 0 saturated carbocycles. The molecule has 2 rings (SSSR count). The van der Waals surface area contributed by atoms with Gasteiger partial charge in [-0.1, -0.05) is 5.16 Å². The molecule has 0 radical (unpaired) electrons. The van der Waals surface area contributed by atoms with E-state index in [0.29, 0.717) is 13.1 Å². The molecule has 2 atom stereocenters. The summed E-state index contributed by atoms with van der Waals surface area (Å²) in [5.41, 5.74) is 5.33. The van der Waals surface area contributed by atoms with Gasteiger partial charge in [0, 0.05) is 30.7 Å². The fraction of sp³-hybridized carbons (Fsp3) is 0.500. The Balaban J connectivity index is 2.37. The SMILES string of the molecule is CC1CN(c2c(F)cc(C(N)=NO)cc2F)CC(C)N1C. The van der Waals surface area contributed by atoms with E-state index in [4.69, 9.17) is 10.9 Å². The molecule has 1 fully saturated rings. The monoisotopic (exact) mass is 298 g/mol. The summed E-state index contributed by atoms with van der Waals surface area (Å²) in [5.74, 6) is -1.74. The summed E-state index contributed by atoms with van der Waals surface area (Å²) in [4.78, 5) is 3.88. The molecule has 0 bridgehead atoms. The molecular formula is C14H20F2N4O. The number of likely N-dealkylation sites (N-methyl/N-ethyl adjacent to an activating group) is 1. The van der Waals surface area contributed by atoms with E-state index in [1.165, 1.54) is 0 Å². The standard InChI is InChI=1S/C14H20F2N4O/c1-8-6-20(7-9(2)19(8)3)13-11(15)4-10(5-12(13)16)14(17)18-21/h4-5,8-9,21H,6-7H2,1-3H3,(H2,17,18). The third-order valence-electron chi connectivity index (χ3n) is 4.10. The van der Waals surface area contributed by atoms with Gasteiger partial charge in [0.15, 0.2) is 5.84 Å². The second-order valence-corrected chi connectivity index (χ2v) is 5.54. The van der Waals surface area contributed by atoms with Crippen molar-refractivity contribution in [3.05, 3.63) is 29.3 Å². The number of nitrogens with zero attached hydrogens (tertiary/aromatic N) is 3. The maximum atomic E-state index is 14.3. The minimum Gasteiger partial charge on any atom is -0.409 e. The molecule has 5 nitrogen and oxygen atoms in total. The second-order valence-electron chi connectivity index (χ2n) is 5.54. The largest absolute Gasteiger partial charge is 0.409 e. The Morgan fingerprint density at radius 1 is 1.24 bits per heavy atom. The predicted octanol–water partition coefficient (Wildman–Crippen LogP) is 1.59. The van der Waals surface area contributed by atoms with Crippen LogP contribution in [0, 0.1) is 11.6 Å². The maximum absolute atomic E-state index is 14.3. The van der Waals surface area contributed by atoms with Gasteiger partial charge in [0.05, 0.1) is 0 Å². The van der Waals surface area contributed by atoms with Crippen molar-refractivity contribution in [1.29, 1.82) is 0 Å². The van der Waals surface area contributed by atoms with Crippen LogP contribution in [-0.4, -0.2) is 48.2 Å². The van der Waals surface area contributed by atoms with E-state index in [2.05, 4.69) is 10.1 Å². The normalized spacial score (nSPS) is 24.4. The molecule has 0 spiro atoms. The third-order valence-corrected chi connectivity index (χ3v) is 4.10. The highest BCUT2D eigenvalue weighted by molar-refractivity contribution is 5.97. The van der Waals surface area contributed by atoms with Crippen LogP contribution in [0.4, 0.5) is 14.5 Å². The number of amidine groups is 1. The molecule has 0 aromatic heterocycles. The zero-order chi connectivity index (χ0) is 15.7. The van der Waals surface area contributed by atoms with Gasteiger partial charge in [0.2, 0.25) is 0 Å².